The predicted octanol–water partition coefficient (Wildman–Crippen LogP) is 3.02. The SMILES string of the molecule is CN=C(NCC(C)c1c(C)noc1C)N1CCC(OCC2CCCCO2)CC1. The maximum absolute atomic E-state index is 6.13. The van der Waals surface area contributed by atoms with Crippen molar-refractivity contribution in [2.45, 2.75) is 71.0 Å². The molecule has 158 valence electrons. The van der Waals surface area contributed by atoms with Crippen molar-refractivity contribution in [3.63, 3.8) is 0 Å². The summed E-state index contributed by atoms with van der Waals surface area (Å²) in [6.45, 7) is 10.5. The molecular formula is C21H36N4O3. The molecule has 2 aliphatic heterocycles. The Morgan fingerprint density at radius 3 is 2.68 bits per heavy atom. The van der Waals surface area contributed by atoms with Gasteiger partial charge in [-0.15, -0.1) is 0 Å². The highest BCUT2D eigenvalue weighted by molar-refractivity contribution is 5.80. The largest absolute Gasteiger partial charge is 0.376 e. The van der Waals surface area contributed by atoms with E-state index in [-0.39, 0.29) is 0 Å². The number of hydrogen-bond donors (Lipinski definition) is 1. The molecule has 2 atom stereocenters. The number of rotatable bonds is 6. The number of likely N-dealkylation sites (tertiary alicyclic amines) is 1. The summed E-state index contributed by atoms with van der Waals surface area (Å²) in [6, 6.07) is 0. The number of aliphatic imine (C=N–C) groups is 1. The Hall–Kier alpha value is -1.60. The van der Waals surface area contributed by atoms with Crippen LogP contribution in [0, 0.1) is 13.8 Å². The zero-order valence-corrected chi connectivity index (χ0v) is 17.9. The van der Waals surface area contributed by atoms with Gasteiger partial charge in [0.1, 0.15) is 5.76 Å². The second kappa shape index (κ2) is 10.3. The minimum absolute atomic E-state index is 0.298. The van der Waals surface area contributed by atoms with Gasteiger partial charge in [0.25, 0.3) is 0 Å². The third-order valence-electron chi connectivity index (χ3n) is 5.89. The van der Waals surface area contributed by atoms with Gasteiger partial charge in [0.05, 0.1) is 24.5 Å². The molecule has 0 aromatic carbocycles. The summed E-state index contributed by atoms with van der Waals surface area (Å²) in [5.41, 5.74) is 2.17. The average Bonchev–Trinajstić information content (AvgIpc) is 3.06. The van der Waals surface area contributed by atoms with E-state index in [2.05, 4.69) is 27.3 Å². The van der Waals surface area contributed by atoms with Crippen molar-refractivity contribution < 1.29 is 14.0 Å². The van der Waals surface area contributed by atoms with Crippen molar-refractivity contribution in [2.24, 2.45) is 4.99 Å². The molecule has 0 amide bonds. The molecular weight excluding hydrogens is 356 g/mol. The Morgan fingerprint density at radius 1 is 1.29 bits per heavy atom. The molecule has 2 unspecified atom stereocenters. The number of ether oxygens (including phenoxy) is 2. The minimum atomic E-state index is 0.298. The van der Waals surface area contributed by atoms with Gasteiger partial charge in [-0.1, -0.05) is 12.1 Å². The summed E-state index contributed by atoms with van der Waals surface area (Å²) >= 11 is 0. The molecule has 0 spiro atoms. The first-order valence-corrected chi connectivity index (χ1v) is 10.7. The Balaban J connectivity index is 1.41. The number of nitrogens with zero attached hydrogens (tertiary/aromatic N) is 3. The molecule has 1 aromatic rings. The molecule has 1 aromatic heterocycles. The second-order valence-corrected chi connectivity index (χ2v) is 8.08. The van der Waals surface area contributed by atoms with Crippen LogP contribution < -0.4 is 5.32 Å². The lowest BCUT2D eigenvalue weighted by molar-refractivity contribution is -0.0721. The molecule has 0 aliphatic carbocycles. The molecule has 2 saturated heterocycles. The lowest BCUT2D eigenvalue weighted by Crippen LogP contribution is -2.48. The molecule has 3 heterocycles. The van der Waals surface area contributed by atoms with Crippen LogP contribution >= 0.6 is 0 Å². The average molecular weight is 393 g/mol. The molecule has 7 heteroatoms. The molecule has 28 heavy (non-hydrogen) atoms. The fraction of sp³-hybridized carbons (Fsp3) is 0.810. The topological polar surface area (TPSA) is 72.1 Å². The number of aromatic nitrogens is 1. The highest BCUT2D eigenvalue weighted by Gasteiger charge is 2.24. The third kappa shape index (κ3) is 5.47. The van der Waals surface area contributed by atoms with Gasteiger partial charge in [-0.25, -0.2) is 0 Å². The van der Waals surface area contributed by atoms with E-state index in [9.17, 15) is 0 Å². The maximum atomic E-state index is 6.13. The van der Waals surface area contributed by atoms with Gasteiger partial charge >= 0.3 is 0 Å². The number of guanidine groups is 1. The van der Waals surface area contributed by atoms with Gasteiger partial charge in [-0.3, -0.25) is 4.99 Å². The Labute approximate surface area is 168 Å². The van der Waals surface area contributed by atoms with Gasteiger partial charge in [0.15, 0.2) is 5.96 Å². The summed E-state index contributed by atoms with van der Waals surface area (Å²) in [5, 5.41) is 7.59. The van der Waals surface area contributed by atoms with Crippen LogP contribution in [0.2, 0.25) is 0 Å². The highest BCUT2D eigenvalue weighted by atomic mass is 16.5. The summed E-state index contributed by atoms with van der Waals surface area (Å²) < 4.78 is 17.2. The number of aryl methyl sites for hydroxylation is 2. The van der Waals surface area contributed by atoms with E-state index in [4.69, 9.17) is 14.0 Å². The molecule has 0 radical (unpaired) electrons. The second-order valence-electron chi connectivity index (χ2n) is 8.08. The summed E-state index contributed by atoms with van der Waals surface area (Å²) in [7, 11) is 1.85. The molecule has 2 fully saturated rings. The monoisotopic (exact) mass is 392 g/mol. The zero-order chi connectivity index (χ0) is 19.9. The van der Waals surface area contributed by atoms with Gasteiger partial charge < -0.3 is 24.2 Å². The van der Waals surface area contributed by atoms with Gasteiger partial charge in [0.2, 0.25) is 0 Å². The lowest BCUT2D eigenvalue weighted by Gasteiger charge is -2.35. The number of nitrogens with one attached hydrogen (secondary N) is 1. The van der Waals surface area contributed by atoms with Crippen molar-refractivity contribution in [2.75, 3.05) is 39.9 Å². The quantitative estimate of drug-likeness (QED) is 0.593. The van der Waals surface area contributed by atoms with Crippen LogP contribution in [0.3, 0.4) is 0 Å². The van der Waals surface area contributed by atoms with Crippen LogP contribution in [0.1, 0.15) is 62.0 Å². The van der Waals surface area contributed by atoms with Crippen molar-refractivity contribution >= 4 is 5.96 Å². The summed E-state index contributed by atoms with van der Waals surface area (Å²) in [4.78, 5) is 6.82. The van der Waals surface area contributed by atoms with E-state index in [0.717, 1.165) is 69.5 Å². The minimum Gasteiger partial charge on any atom is -0.376 e. The number of piperidine rings is 1. The third-order valence-corrected chi connectivity index (χ3v) is 5.89. The first-order chi connectivity index (χ1) is 13.6. The molecule has 0 bridgehead atoms. The zero-order valence-electron chi connectivity index (χ0n) is 17.9. The fourth-order valence-electron chi connectivity index (χ4n) is 4.29. The van der Waals surface area contributed by atoms with Crippen LogP contribution in [0.4, 0.5) is 0 Å². The first-order valence-electron chi connectivity index (χ1n) is 10.7. The standard InChI is InChI=1S/C21H36N4O3/c1-15(20-16(2)24-28-17(20)3)13-23-21(22-4)25-10-8-18(9-11-25)27-14-19-7-5-6-12-26-19/h15,18-19H,5-14H2,1-4H3,(H,22,23). The van der Waals surface area contributed by atoms with Crippen molar-refractivity contribution in [1.29, 1.82) is 0 Å². The highest BCUT2D eigenvalue weighted by Crippen LogP contribution is 2.23. The van der Waals surface area contributed by atoms with Gasteiger partial charge in [0, 0.05) is 44.8 Å². The summed E-state index contributed by atoms with van der Waals surface area (Å²) in [5.74, 6) is 2.19. The van der Waals surface area contributed by atoms with Crippen molar-refractivity contribution in [1.82, 2.24) is 15.4 Å². The molecule has 1 N–H and O–H groups in total. The predicted molar refractivity (Wildman–Crippen MR) is 110 cm³/mol. The van der Waals surface area contributed by atoms with Gasteiger partial charge in [-0.05, 0) is 46.0 Å². The Bertz CT molecular complexity index is 612. The van der Waals surface area contributed by atoms with E-state index in [1.54, 1.807) is 0 Å². The molecule has 7 nitrogen and oxygen atoms in total. The lowest BCUT2D eigenvalue weighted by atomic mass is 9.99. The number of hydrogen-bond acceptors (Lipinski definition) is 5. The normalized spacial score (nSPS) is 23.1. The van der Waals surface area contributed by atoms with E-state index in [1.165, 1.54) is 18.4 Å². The van der Waals surface area contributed by atoms with E-state index >= 15 is 0 Å². The smallest absolute Gasteiger partial charge is 0.193 e. The van der Waals surface area contributed by atoms with Crippen LogP contribution in [0.5, 0.6) is 0 Å². The Kier molecular flexibility index (Phi) is 7.73. The Morgan fingerprint density at radius 2 is 2.07 bits per heavy atom. The molecule has 0 saturated carbocycles. The van der Waals surface area contributed by atoms with E-state index in [0.29, 0.717) is 18.1 Å². The maximum Gasteiger partial charge on any atom is 0.193 e. The van der Waals surface area contributed by atoms with Crippen LogP contribution in [-0.4, -0.2) is 68.1 Å². The van der Waals surface area contributed by atoms with Crippen LogP contribution in [0.15, 0.2) is 9.52 Å². The van der Waals surface area contributed by atoms with Crippen molar-refractivity contribution in [3.8, 4) is 0 Å². The fourth-order valence-corrected chi connectivity index (χ4v) is 4.29. The van der Waals surface area contributed by atoms with E-state index in [1.807, 2.05) is 20.9 Å². The van der Waals surface area contributed by atoms with Crippen molar-refractivity contribution in [3.05, 3.63) is 17.0 Å². The summed E-state index contributed by atoms with van der Waals surface area (Å²) in [6.07, 6.45) is 6.29. The van der Waals surface area contributed by atoms with E-state index < -0.39 is 0 Å². The molecule has 3 rings (SSSR count). The molecule has 2 aliphatic rings. The van der Waals surface area contributed by atoms with Crippen LogP contribution in [-0.2, 0) is 9.47 Å². The van der Waals surface area contributed by atoms with Gasteiger partial charge in [-0.2, -0.15) is 0 Å². The first kappa shape index (κ1) is 21.1. The van der Waals surface area contributed by atoms with Crippen LogP contribution in [0.25, 0.3) is 0 Å².